The Bertz CT molecular complexity index is 523. The van der Waals surface area contributed by atoms with Gasteiger partial charge in [0.15, 0.2) is 5.82 Å². The Labute approximate surface area is 114 Å². The van der Waals surface area contributed by atoms with Crippen LogP contribution in [-0.2, 0) is 0 Å². The quantitative estimate of drug-likeness (QED) is 0.907. The molecule has 0 atom stereocenters. The average Bonchev–Trinajstić information content (AvgIpc) is 2.85. The second-order valence-corrected chi connectivity index (χ2v) is 4.93. The van der Waals surface area contributed by atoms with Crippen molar-refractivity contribution in [3.8, 4) is 11.5 Å². The number of hydrogen-bond acceptors (Lipinski definition) is 5. The van der Waals surface area contributed by atoms with Gasteiger partial charge in [0.2, 0.25) is 0 Å². The smallest absolute Gasteiger partial charge is 0.184 e. The first-order valence-corrected chi connectivity index (χ1v) is 6.60. The minimum absolute atomic E-state index is 0.297. The van der Waals surface area contributed by atoms with Crippen LogP contribution in [0, 0.1) is 0 Å². The summed E-state index contributed by atoms with van der Waals surface area (Å²) in [5.74, 6) is 1.66. The standard InChI is InChI=1S/C11H15BrN6/c1-4-13-11-8(12)9(6(2)3)15-10(16-11)7-5-14-18-17-7/h5-6H,4H2,1-3H3,(H,13,15,16)(H,14,17,18). The third-order valence-electron chi connectivity index (χ3n) is 2.41. The van der Waals surface area contributed by atoms with Crippen LogP contribution in [0.5, 0.6) is 0 Å². The van der Waals surface area contributed by atoms with Gasteiger partial charge in [-0.25, -0.2) is 9.97 Å². The number of aromatic amines is 1. The number of aromatic nitrogens is 5. The first-order chi connectivity index (χ1) is 8.63. The van der Waals surface area contributed by atoms with Crippen LogP contribution in [0.3, 0.4) is 0 Å². The molecule has 0 unspecified atom stereocenters. The first-order valence-electron chi connectivity index (χ1n) is 5.81. The summed E-state index contributed by atoms with van der Waals surface area (Å²) in [6.07, 6.45) is 1.61. The lowest BCUT2D eigenvalue weighted by molar-refractivity contribution is 0.808. The lowest BCUT2D eigenvalue weighted by Gasteiger charge is -2.13. The van der Waals surface area contributed by atoms with E-state index < -0.39 is 0 Å². The van der Waals surface area contributed by atoms with E-state index in [4.69, 9.17) is 0 Å². The summed E-state index contributed by atoms with van der Waals surface area (Å²) >= 11 is 3.55. The van der Waals surface area contributed by atoms with Gasteiger partial charge in [0.05, 0.1) is 16.4 Å². The van der Waals surface area contributed by atoms with Crippen molar-refractivity contribution in [1.29, 1.82) is 0 Å². The number of hydrogen-bond donors (Lipinski definition) is 2. The van der Waals surface area contributed by atoms with Gasteiger partial charge in [0.25, 0.3) is 0 Å². The molecule has 0 aliphatic rings. The maximum Gasteiger partial charge on any atom is 0.184 e. The van der Waals surface area contributed by atoms with Crippen LogP contribution in [0.1, 0.15) is 32.4 Å². The molecule has 0 fully saturated rings. The third-order valence-corrected chi connectivity index (χ3v) is 3.19. The minimum Gasteiger partial charge on any atom is -0.369 e. The molecule has 2 heterocycles. The molecule has 0 saturated carbocycles. The molecule has 0 saturated heterocycles. The molecule has 18 heavy (non-hydrogen) atoms. The number of H-pyrrole nitrogens is 1. The number of rotatable bonds is 4. The van der Waals surface area contributed by atoms with Crippen molar-refractivity contribution >= 4 is 21.7 Å². The normalized spacial score (nSPS) is 10.9. The van der Waals surface area contributed by atoms with E-state index in [0.717, 1.165) is 22.5 Å². The fourth-order valence-corrected chi connectivity index (χ4v) is 2.33. The Hall–Kier alpha value is -1.50. The van der Waals surface area contributed by atoms with Crippen molar-refractivity contribution in [1.82, 2.24) is 25.4 Å². The van der Waals surface area contributed by atoms with Crippen LogP contribution in [-0.4, -0.2) is 31.9 Å². The molecule has 0 bridgehead atoms. The Morgan fingerprint density at radius 3 is 2.72 bits per heavy atom. The van der Waals surface area contributed by atoms with Gasteiger partial charge in [0, 0.05) is 6.54 Å². The van der Waals surface area contributed by atoms with E-state index in [1.54, 1.807) is 6.20 Å². The minimum atomic E-state index is 0.297. The highest BCUT2D eigenvalue weighted by Gasteiger charge is 2.16. The van der Waals surface area contributed by atoms with E-state index in [1.807, 2.05) is 6.92 Å². The second-order valence-electron chi connectivity index (χ2n) is 4.14. The van der Waals surface area contributed by atoms with E-state index in [9.17, 15) is 0 Å². The summed E-state index contributed by atoms with van der Waals surface area (Å²) in [4.78, 5) is 8.99. The zero-order valence-electron chi connectivity index (χ0n) is 10.5. The molecule has 2 N–H and O–H groups in total. The SMILES string of the molecule is CCNc1nc(-c2cn[nH]n2)nc(C(C)C)c1Br. The van der Waals surface area contributed by atoms with Crippen molar-refractivity contribution in [3.05, 3.63) is 16.4 Å². The molecule has 6 nitrogen and oxygen atoms in total. The van der Waals surface area contributed by atoms with Crippen molar-refractivity contribution in [2.75, 3.05) is 11.9 Å². The molecule has 0 amide bonds. The second kappa shape index (κ2) is 5.43. The van der Waals surface area contributed by atoms with Crippen LogP contribution < -0.4 is 5.32 Å². The largest absolute Gasteiger partial charge is 0.369 e. The summed E-state index contributed by atoms with van der Waals surface area (Å²) in [5, 5.41) is 13.6. The summed E-state index contributed by atoms with van der Waals surface area (Å²) < 4.78 is 0.909. The first kappa shape index (κ1) is 12.9. The molecule has 0 aromatic carbocycles. The van der Waals surface area contributed by atoms with Gasteiger partial charge < -0.3 is 5.32 Å². The maximum atomic E-state index is 4.54. The lowest BCUT2D eigenvalue weighted by atomic mass is 10.1. The molecule has 0 spiro atoms. The lowest BCUT2D eigenvalue weighted by Crippen LogP contribution is -2.07. The fourth-order valence-electron chi connectivity index (χ4n) is 1.56. The fraction of sp³-hybridized carbons (Fsp3) is 0.455. The summed E-state index contributed by atoms with van der Waals surface area (Å²) in [5.41, 5.74) is 1.60. The van der Waals surface area contributed by atoms with Crippen molar-refractivity contribution in [3.63, 3.8) is 0 Å². The van der Waals surface area contributed by atoms with Crippen molar-refractivity contribution in [2.24, 2.45) is 0 Å². The van der Waals surface area contributed by atoms with Gasteiger partial charge >= 0.3 is 0 Å². The molecule has 2 rings (SSSR count). The number of anilines is 1. The highest BCUT2D eigenvalue weighted by atomic mass is 79.9. The number of nitrogens with one attached hydrogen (secondary N) is 2. The Balaban J connectivity index is 2.55. The number of nitrogens with zero attached hydrogens (tertiary/aromatic N) is 4. The molecule has 0 aliphatic heterocycles. The molecule has 0 radical (unpaired) electrons. The van der Waals surface area contributed by atoms with Crippen LogP contribution in [0.15, 0.2) is 10.7 Å². The average molecular weight is 311 g/mol. The van der Waals surface area contributed by atoms with Crippen molar-refractivity contribution in [2.45, 2.75) is 26.7 Å². The monoisotopic (exact) mass is 310 g/mol. The maximum absolute atomic E-state index is 4.54. The predicted octanol–water partition coefficient (Wildman–Crippen LogP) is 2.58. The van der Waals surface area contributed by atoms with Gasteiger partial charge in [-0.2, -0.15) is 15.4 Å². The third kappa shape index (κ3) is 2.50. The Kier molecular flexibility index (Phi) is 3.90. The van der Waals surface area contributed by atoms with Gasteiger partial charge in [-0.15, -0.1) is 0 Å². The molecular weight excluding hydrogens is 296 g/mol. The van der Waals surface area contributed by atoms with E-state index >= 15 is 0 Å². The van der Waals surface area contributed by atoms with Crippen LogP contribution in [0.2, 0.25) is 0 Å². The van der Waals surface area contributed by atoms with E-state index in [2.05, 4.69) is 60.5 Å². The van der Waals surface area contributed by atoms with Gasteiger partial charge in [-0.1, -0.05) is 13.8 Å². The summed E-state index contributed by atoms with van der Waals surface area (Å²) in [7, 11) is 0. The summed E-state index contributed by atoms with van der Waals surface area (Å²) in [6.45, 7) is 7.01. The Morgan fingerprint density at radius 2 is 2.17 bits per heavy atom. The predicted molar refractivity (Wildman–Crippen MR) is 73.4 cm³/mol. The van der Waals surface area contributed by atoms with Gasteiger partial charge in [-0.3, -0.25) is 0 Å². The van der Waals surface area contributed by atoms with Crippen molar-refractivity contribution < 1.29 is 0 Å². The van der Waals surface area contributed by atoms with Crippen LogP contribution in [0.4, 0.5) is 5.82 Å². The molecular formula is C11H15BrN6. The summed E-state index contributed by atoms with van der Waals surface area (Å²) in [6, 6.07) is 0. The Morgan fingerprint density at radius 1 is 1.39 bits per heavy atom. The van der Waals surface area contributed by atoms with E-state index in [1.165, 1.54) is 0 Å². The van der Waals surface area contributed by atoms with Crippen LogP contribution >= 0.6 is 15.9 Å². The highest BCUT2D eigenvalue weighted by molar-refractivity contribution is 9.10. The topological polar surface area (TPSA) is 79.4 Å². The molecule has 96 valence electrons. The van der Waals surface area contributed by atoms with Gasteiger partial charge in [0.1, 0.15) is 11.5 Å². The number of halogens is 1. The zero-order valence-corrected chi connectivity index (χ0v) is 12.1. The molecule has 2 aromatic rings. The molecule has 2 aromatic heterocycles. The zero-order chi connectivity index (χ0) is 13.1. The highest BCUT2D eigenvalue weighted by Crippen LogP contribution is 2.30. The van der Waals surface area contributed by atoms with Gasteiger partial charge in [-0.05, 0) is 28.8 Å². The molecule has 0 aliphatic carbocycles. The van der Waals surface area contributed by atoms with E-state index in [0.29, 0.717) is 17.4 Å². The van der Waals surface area contributed by atoms with E-state index in [-0.39, 0.29) is 0 Å². The van der Waals surface area contributed by atoms with Crippen LogP contribution in [0.25, 0.3) is 11.5 Å². The molecule has 7 heteroatoms.